The molecule has 5 heteroatoms. The minimum Gasteiger partial charge on any atom is -0.462 e. The van der Waals surface area contributed by atoms with E-state index in [4.69, 9.17) is 9.47 Å². The van der Waals surface area contributed by atoms with Gasteiger partial charge in [0.05, 0.1) is 7.11 Å². The van der Waals surface area contributed by atoms with Crippen molar-refractivity contribution in [3.8, 4) is 0 Å². The van der Waals surface area contributed by atoms with Crippen LogP contribution in [0.5, 0.6) is 0 Å². The van der Waals surface area contributed by atoms with E-state index in [2.05, 4.69) is 4.74 Å². The predicted octanol–water partition coefficient (Wildman–Crippen LogP) is 2.92. The van der Waals surface area contributed by atoms with Gasteiger partial charge in [-0.1, -0.05) is 13.3 Å². The summed E-state index contributed by atoms with van der Waals surface area (Å²) in [5.74, 6) is 1.63. The fourth-order valence-electron chi connectivity index (χ4n) is 4.71. The maximum Gasteiger partial charge on any atom is 0.508 e. The molecule has 3 fully saturated rings. The number of rotatable bonds is 3. The highest BCUT2D eigenvalue weighted by molar-refractivity contribution is 5.69. The van der Waals surface area contributed by atoms with Gasteiger partial charge >= 0.3 is 12.1 Å². The molecule has 3 aliphatic rings. The van der Waals surface area contributed by atoms with Crippen molar-refractivity contribution < 1.29 is 23.8 Å². The van der Waals surface area contributed by atoms with Gasteiger partial charge in [-0.15, -0.1) is 0 Å². The van der Waals surface area contributed by atoms with E-state index in [-0.39, 0.29) is 18.2 Å². The maximum atomic E-state index is 11.7. The zero-order chi connectivity index (χ0) is 15.0. The number of hydrogen-bond donors (Lipinski definition) is 0. The maximum absolute atomic E-state index is 11.7. The molecular formula is C16H24O5. The van der Waals surface area contributed by atoms with Crippen LogP contribution in [0.15, 0.2) is 0 Å². The Hall–Kier alpha value is -1.26. The van der Waals surface area contributed by atoms with Crippen molar-refractivity contribution in [1.29, 1.82) is 0 Å². The highest BCUT2D eigenvalue weighted by atomic mass is 16.7. The fraction of sp³-hybridized carbons (Fsp3) is 0.875. The first-order valence-corrected chi connectivity index (χ1v) is 8.06. The third kappa shape index (κ3) is 2.74. The number of carbonyl (C=O) groups excluding carboxylic acids is 2. The van der Waals surface area contributed by atoms with Crippen LogP contribution in [-0.2, 0) is 19.0 Å². The van der Waals surface area contributed by atoms with Gasteiger partial charge in [0.2, 0.25) is 0 Å². The molecule has 3 rings (SSSR count). The van der Waals surface area contributed by atoms with E-state index in [0.717, 1.165) is 31.6 Å². The van der Waals surface area contributed by atoms with E-state index in [0.29, 0.717) is 24.2 Å². The number of esters is 1. The summed E-state index contributed by atoms with van der Waals surface area (Å²) in [6.45, 7) is 1.83. The summed E-state index contributed by atoms with van der Waals surface area (Å²) in [4.78, 5) is 23.1. The third-order valence-electron chi connectivity index (χ3n) is 5.57. The second-order valence-corrected chi connectivity index (χ2v) is 6.66. The number of hydrogen-bond acceptors (Lipinski definition) is 5. The summed E-state index contributed by atoms with van der Waals surface area (Å²) in [5, 5.41) is 0. The van der Waals surface area contributed by atoms with E-state index in [1.807, 2.05) is 6.92 Å². The predicted molar refractivity (Wildman–Crippen MR) is 74.5 cm³/mol. The second-order valence-electron chi connectivity index (χ2n) is 6.66. The summed E-state index contributed by atoms with van der Waals surface area (Å²) in [6.07, 6.45) is 5.03. The number of fused-ring (bicyclic) bond motifs is 2. The molecule has 3 bridgehead atoms. The molecule has 3 saturated carbocycles. The van der Waals surface area contributed by atoms with Crippen molar-refractivity contribution in [3.63, 3.8) is 0 Å². The molecule has 0 aromatic rings. The minimum atomic E-state index is -0.593. The monoisotopic (exact) mass is 296 g/mol. The van der Waals surface area contributed by atoms with Crippen LogP contribution in [-0.4, -0.2) is 31.4 Å². The first kappa shape index (κ1) is 14.7. The minimum absolute atomic E-state index is 0.0245. The molecule has 0 saturated heterocycles. The molecule has 0 amide bonds. The second kappa shape index (κ2) is 5.85. The van der Waals surface area contributed by atoms with Crippen LogP contribution < -0.4 is 0 Å². The number of ether oxygens (including phenoxy) is 3. The van der Waals surface area contributed by atoms with Crippen LogP contribution in [0.1, 0.15) is 45.4 Å². The Balaban J connectivity index is 1.76. The van der Waals surface area contributed by atoms with Crippen molar-refractivity contribution in [2.45, 2.75) is 57.7 Å². The van der Waals surface area contributed by atoms with Crippen molar-refractivity contribution in [2.24, 2.45) is 23.7 Å². The molecule has 0 heterocycles. The largest absolute Gasteiger partial charge is 0.508 e. The van der Waals surface area contributed by atoms with Crippen molar-refractivity contribution in [3.05, 3.63) is 0 Å². The van der Waals surface area contributed by atoms with Gasteiger partial charge in [-0.2, -0.15) is 0 Å². The Morgan fingerprint density at radius 3 is 2.57 bits per heavy atom. The van der Waals surface area contributed by atoms with Gasteiger partial charge in [0.15, 0.2) is 0 Å². The molecule has 5 nitrogen and oxygen atoms in total. The van der Waals surface area contributed by atoms with Gasteiger partial charge in [-0.25, -0.2) is 4.79 Å². The molecule has 0 spiro atoms. The highest BCUT2D eigenvalue weighted by Gasteiger charge is 2.54. The van der Waals surface area contributed by atoms with E-state index < -0.39 is 6.16 Å². The topological polar surface area (TPSA) is 61.8 Å². The zero-order valence-corrected chi connectivity index (χ0v) is 12.7. The standard InChI is InChI=1S/C16H24O5/c1-3-14(17)21-15-10-6-9-4-5-11(12(15)7-9)13(8-10)20-16(18)19-2/h9-13,15H,3-8H2,1-2H3. The first-order valence-electron chi connectivity index (χ1n) is 8.06. The van der Waals surface area contributed by atoms with Gasteiger partial charge in [-0.3, -0.25) is 4.79 Å². The van der Waals surface area contributed by atoms with Crippen molar-refractivity contribution in [1.82, 2.24) is 0 Å². The Kier molecular flexibility index (Phi) is 4.09. The van der Waals surface area contributed by atoms with E-state index in [9.17, 15) is 9.59 Å². The highest BCUT2D eigenvalue weighted by Crippen LogP contribution is 2.54. The lowest BCUT2D eigenvalue weighted by Crippen LogP contribution is -2.55. The van der Waals surface area contributed by atoms with E-state index in [1.54, 1.807) is 0 Å². The van der Waals surface area contributed by atoms with E-state index in [1.165, 1.54) is 13.5 Å². The summed E-state index contributed by atoms with van der Waals surface area (Å²) < 4.78 is 15.9. The molecule has 0 aliphatic heterocycles. The molecule has 0 N–H and O–H groups in total. The lowest BCUT2D eigenvalue weighted by Gasteiger charge is -2.54. The molecule has 0 aromatic heterocycles. The van der Waals surface area contributed by atoms with Crippen molar-refractivity contribution >= 4 is 12.1 Å². The third-order valence-corrected chi connectivity index (χ3v) is 5.57. The average Bonchev–Trinajstić information content (AvgIpc) is 2.47. The molecule has 21 heavy (non-hydrogen) atoms. The van der Waals surface area contributed by atoms with Gasteiger partial charge in [-0.05, 0) is 31.6 Å². The molecule has 3 aliphatic carbocycles. The quantitative estimate of drug-likeness (QED) is 0.749. The van der Waals surface area contributed by atoms with Crippen LogP contribution in [0.3, 0.4) is 0 Å². The Morgan fingerprint density at radius 2 is 1.86 bits per heavy atom. The molecule has 118 valence electrons. The van der Waals surface area contributed by atoms with Crippen LogP contribution in [0.4, 0.5) is 4.79 Å². The molecule has 0 aromatic carbocycles. The summed E-state index contributed by atoms with van der Waals surface area (Å²) in [6, 6.07) is 0. The van der Waals surface area contributed by atoms with E-state index >= 15 is 0 Å². The van der Waals surface area contributed by atoms with Crippen LogP contribution >= 0.6 is 0 Å². The molecule has 6 unspecified atom stereocenters. The van der Waals surface area contributed by atoms with Gasteiger partial charge in [0, 0.05) is 24.2 Å². The van der Waals surface area contributed by atoms with Crippen LogP contribution in [0, 0.1) is 23.7 Å². The summed E-state index contributed by atoms with van der Waals surface area (Å²) in [7, 11) is 1.34. The average molecular weight is 296 g/mol. The Labute approximate surface area is 125 Å². The Morgan fingerprint density at radius 1 is 1.05 bits per heavy atom. The lowest BCUT2D eigenvalue weighted by atomic mass is 9.55. The SMILES string of the molecule is CCC(=O)OC1C2CC3CCC(C(OC(=O)OC)C2)C1C3. The molecular weight excluding hydrogens is 272 g/mol. The summed E-state index contributed by atoms with van der Waals surface area (Å²) in [5.41, 5.74) is 0. The first-order chi connectivity index (χ1) is 10.1. The van der Waals surface area contributed by atoms with Gasteiger partial charge in [0.25, 0.3) is 0 Å². The zero-order valence-electron chi connectivity index (χ0n) is 12.7. The molecule has 6 atom stereocenters. The fourth-order valence-corrected chi connectivity index (χ4v) is 4.71. The van der Waals surface area contributed by atoms with Gasteiger partial charge < -0.3 is 14.2 Å². The van der Waals surface area contributed by atoms with Crippen LogP contribution in [0.25, 0.3) is 0 Å². The van der Waals surface area contributed by atoms with Crippen molar-refractivity contribution in [2.75, 3.05) is 7.11 Å². The Bertz CT molecular complexity index is 419. The van der Waals surface area contributed by atoms with Crippen LogP contribution in [0.2, 0.25) is 0 Å². The molecule has 0 radical (unpaired) electrons. The van der Waals surface area contributed by atoms with Gasteiger partial charge in [0.1, 0.15) is 12.2 Å². The smallest absolute Gasteiger partial charge is 0.462 e. The summed E-state index contributed by atoms with van der Waals surface area (Å²) >= 11 is 0. The number of carbonyl (C=O) groups is 2. The number of methoxy groups -OCH3 is 1. The lowest BCUT2D eigenvalue weighted by molar-refractivity contribution is -0.183. The normalized spacial score (nSPS) is 40.5.